The topological polar surface area (TPSA) is 30.7 Å². The van der Waals surface area contributed by atoms with E-state index in [0.717, 1.165) is 15.5 Å². The minimum absolute atomic E-state index is 0.780. The number of fused-ring (bicyclic) bond motifs is 1. The molecule has 2 aromatic heterocycles. The Morgan fingerprint density at radius 2 is 2.07 bits per heavy atom. The van der Waals surface area contributed by atoms with Gasteiger partial charge in [0.15, 0.2) is 5.65 Å². The lowest BCUT2D eigenvalue weighted by atomic mass is 10.4. The van der Waals surface area contributed by atoms with Crippen LogP contribution in [0.4, 0.5) is 0 Å². The van der Waals surface area contributed by atoms with E-state index in [1.54, 1.807) is 10.9 Å². The maximum atomic E-state index is 4.15. The molecule has 0 N–H and O–H groups in total. The molecule has 76 valence electrons. The molecule has 0 radical (unpaired) electrons. The number of nitrogens with zero attached hydrogens (tertiary/aromatic N) is 3. The van der Waals surface area contributed by atoms with Crippen LogP contribution in [0.5, 0.6) is 0 Å². The van der Waals surface area contributed by atoms with E-state index in [4.69, 9.17) is 0 Å². The molecule has 0 aromatic carbocycles. The van der Waals surface area contributed by atoms with Crippen molar-refractivity contribution in [3.8, 4) is 0 Å². The molecule has 0 aliphatic heterocycles. The van der Waals surface area contributed by atoms with Crippen LogP contribution in [-0.4, -0.2) is 14.8 Å². The average molecular weight is 256 g/mol. The Balaban J connectivity index is 0.000000293. The standard InChI is InChI=1S/C7H6BrN3.C3H8/c1-11-4-5-6(8)2-3-9-7(5)10-11;1-3-2/h2-4H,1H3;3H2,1-2H3. The van der Waals surface area contributed by atoms with Crippen molar-refractivity contribution in [2.45, 2.75) is 20.3 Å². The van der Waals surface area contributed by atoms with Crippen LogP contribution < -0.4 is 0 Å². The molecule has 14 heavy (non-hydrogen) atoms. The summed E-state index contributed by atoms with van der Waals surface area (Å²) in [7, 11) is 1.88. The van der Waals surface area contributed by atoms with Gasteiger partial charge in [-0.15, -0.1) is 0 Å². The zero-order valence-electron chi connectivity index (χ0n) is 8.66. The Kier molecular flexibility index (Phi) is 4.07. The Labute approximate surface area is 92.3 Å². The highest BCUT2D eigenvalue weighted by Gasteiger charge is 2.01. The van der Waals surface area contributed by atoms with E-state index >= 15 is 0 Å². The summed E-state index contributed by atoms with van der Waals surface area (Å²) >= 11 is 3.42. The second-order valence-corrected chi connectivity index (χ2v) is 3.89. The molecule has 3 nitrogen and oxygen atoms in total. The molecular formula is C10H14BrN3. The zero-order chi connectivity index (χ0) is 10.6. The van der Waals surface area contributed by atoms with Crippen LogP contribution in [-0.2, 0) is 7.05 Å². The van der Waals surface area contributed by atoms with Gasteiger partial charge in [0.25, 0.3) is 0 Å². The summed E-state index contributed by atoms with van der Waals surface area (Å²) in [5.41, 5.74) is 0.780. The molecule has 4 heteroatoms. The summed E-state index contributed by atoms with van der Waals surface area (Å²) in [6.45, 7) is 4.25. The minimum Gasteiger partial charge on any atom is -0.273 e. The molecule has 0 spiro atoms. The third kappa shape index (κ3) is 2.54. The van der Waals surface area contributed by atoms with Crippen LogP contribution in [0.3, 0.4) is 0 Å². The van der Waals surface area contributed by atoms with Crippen molar-refractivity contribution in [1.29, 1.82) is 0 Å². The van der Waals surface area contributed by atoms with Crippen LogP contribution in [0, 0.1) is 0 Å². The van der Waals surface area contributed by atoms with Crippen molar-refractivity contribution in [1.82, 2.24) is 14.8 Å². The molecule has 0 unspecified atom stereocenters. The number of pyridine rings is 1. The number of hydrogen-bond acceptors (Lipinski definition) is 2. The molecule has 0 saturated heterocycles. The van der Waals surface area contributed by atoms with Crippen LogP contribution >= 0.6 is 15.9 Å². The number of aryl methyl sites for hydroxylation is 1. The smallest absolute Gasteiger partial charge is 0.182 e. The van der Waals surface area contributed by atoms with E-state index in [9.17, 15) is 0 Å². The first kappa shape index (κ1) is 11.2. The van der Waals surface area contributed by atoms with Crippen LogP contribution in [0.25, 0.3) is 11.0 Å². The van der Waals surface area contributed by atoms with Gasteiger partial charge in [-0.3, -0.25) is 4.68 Å². The summed E-state index contributed by atoms with van der Waals surface area (Å²) in [5.74, 6) is 0. The Bertz CT molecular complexity index is 409. The maximum Gasteiger partial charge on any atom is 0.182 e. The van der Waals surface area contributed by atoms with Crippen molar-refractivity contribution in [3.05, 3.63) is 22.9 Å². The lowest BCUT2D eigenvalue weighted by Gasteiger charge is -1.87. The van der Waals surface area contributed by atoms with Crippen molar-refractivity contribution >= 4 is 27.0 Å². The van der Waals surface area contributed by atoms with Crippen molar-refractivity contribution in [2.24, 2.45) is 7.05 Å². The zero-order valence-corrected chi connectivity index (χ0v) is 10.2. The van der Waals surface area contributed by atoms with Gasteiger partial charge in [-0.1, -0.05) is 20.3 Å². The Hall–Kier alpha value is -0.900. The Morgan fingerprint density at radius 1 is 1.43 bits per heavy atom. The van der Waals surface area contributed by atoms with Crippen molar-refractivity contribution in [3.63, 3.8) is 0 Å². The van der Waals surface area contributed by atoms with E-state index < -0.39 is 0 Å². The predicted molar refractivity (Wildman–Crippen MR) is 62.2 cm³/mol. The lowest BCUT2D eigenvalue weighted by Crippen LogP contribution is -1.85. The van der Waals surface area contributed by atoms with Gasteiger partial charge >= 0.3 is 0 Å². The van der Waals surface area contributed by atoms with Crippen LogP contribution in [0.2, 0.25) is 0 Å². The van der Waals surface area contributed by atoms with E-state index in [1.165, 1.54) is 6.42 Å². The lowest BCUT2D eigenvalue weighted by molar-refractivity contribution is 0.776. The fourth-order valence-corrected chi connectivity index (χ4v) is 1.40. The van der Waals surface area contributed by atoms with E-state index in [-0.39, 0.29) is 0 Å². The van der Waals surface area contributed by atoms with E-state index in [1.807, 2.05) is 19.3 Å². The van der Waals surface area contributed by atoms with Crippen molar-refractivity contribution < 1.29 is 0 Å². The van der Waals surface area contributed by atoms with Gasteiger partial charge in [0.05, 0.1) is 5.39 Å². The molecule has 0 amide bonds. The quantitative estimate of drug-likeness (QED) is 0.724. The van der Waals surface area contributed by atoms with Gasteiger partial charge in [-0.25, -0.2) is 4.98 Å². The van der Waals surface area contributed by atoms with Gasteiger partial charge in [-0.2, -0.15) is 5.10 Å². The first-order valence-corrected chi connectivity index (χ1v) is 5.42. The van der Waals surface area contributed by atoms with Crippen LogP contribution in [0.15, 0.2) is 22.9 Å². The molecule has 0 saturated carbocycles. The number of aromatic nitrogens is 3. The second-order valence-electron chi connectivity index (χ2n) is 3.04. The summed E-state index contributed by atoms with van der Waals surface area (Å²) in [6.07, 6.45) is 4.92. The highest BCUT2D eigenvalue weighted by Crippen LogP contribution is 2.19. The van der Waals surface area contributed by atoms with Gasteiger partial charge < -0.3 is 0 Å². The SMILES string of the molecule is CCC.Cn1cc2c(Br)ccnc2n1. The highest BCUT2D eigenvalue weighted by atomic mass is 79.9. The second kappa shape index (κ2) is 5.10. The van der Waals surface area contributed by atoms with Gasteiger partial charge in [0.2, 0.25) is 0 Å². The molecule has 2 aromatic rings. The number of halogens is 1. The molecule has 0 fully saturated rings. The maximum absolute atomic E-state index is 4.15. The van der Waals surface area contributed by atoms with E-state index in [0.29, 0.717) is 0 Å². The summed E-state index contributed by atoms with van der Waals surface area (Å²) < 4.78 is 2.79. The first-order valence-electron chi connectivity index (χ1n) is 4.62. The minimum atomic E-state index is 0.780. The summed E-state index contributed by atoms with van der Waals surface area (Å²) in [5, 5.41) is 5.20. The molecule has 0 atom stereocenters. The molecule has 0 aliphatic rings. The molecule has 0 bridgehead atoms. The molecular weight excluding hydrogens is 242 g/mol. The third-order valence-electron chi connectivity index (χ3n) is 1.48. The Morgan fingerprint density at radius 3 is 2.64 bits per heavy atom. The monoisotopic (exact) mass is 255 g/mol. The summed E-state index contributed by atoms with van der Waals surface area (Å²) in [6, 6.07) is 1.91. The first-order chi connectivity index (χ1) is 6.69. The molecule has 2 heterocycles. The average Bonchev–Trinajstić information content (AvgIpc) is 2.48. The van der Waals surface area contributed by atoms with Gasteiger partial charge in [0, 0.05) is 23.9 Å². The van der Waals surface area contributed by atoms with Gasteiger partial charge in [0.1, 0.15) is 0 Å². The highest BCUT2D eigenvalue weighted by molar-refractivity contribution is 9.10. The fraction of sp³-hybridized carbons (Fsp3) is 0.400. The number of hydrogen-bond donors (Lipinski definition) is 0. The number of rotatable bonds is 0. The summed E-state index contributed by atoms with van der Waals surface area (Å²) in [4.78, 5) is 4.10. The van der Waals surface area contributed by atoms with Crippen molar-refractivity contribution in [2.75, 3.05) is 0 Å². The normalized spacial score (nSPS) is 9.71. The fourth-order valence-electron chi connectivity index (χ4n) is 1.00. The molecule has 0 aliphatic carbocycles. The molecule has 2 rings (SSSR count). The predicted octanol–water partition coefficient (Wildman–Crippen LogP) is 3.15. The van der Waals surface area contributed by atoms with E-state index in [2.05, 4.69) is 39.9 Å². The van der Waals surface area contributed by atoms with Gasteiger partial charge in [-0.05, 0) is 22.0 Å². The largest absolute Gasteiger partial charge is 0.273 e. The third-order valence-corrected chi connectivity index (χ3v) is 2.18. The van der Waals surface area contributed by atoms with Crippen LogP contribution in [0.1, 0.15) is 20.3 Å².